The first-order chi connectivity index (χ1) is 11.4. The SMILES string of the molecule is CC(=O)Nc1nc2ccc(C(=O)Nc3c(Cl)cccc3Cl)cc2s1. The number of para-hydroxylation sites is 1. The summed E-state index contributed by atoms with van der Waals surface area (Å²) in [5.41, 5.74) is 1.52. The van der Waals surface area contributed by atoms with E-state index < -0.39 is 0 Å². The van der Waals surface area contributed by atoms with Crippen LogP contribution >= 0.6 is 34.5 Å². The number of fused-ring (bicyclic) bond motifs is 1. The standard InChI is InChI=1S/C16H11Cl2N3O2S/c1-8(22)19-16-20-12-6-5-9(7-13(12)24-16)15(23)21-14-10(17)3-2-4-11(14)18/h2-7H,1H3,(H,21,23)(H,19,20,22). The molecule has 0 spiro atoms. The molecule has 0 aliphatic heterocycles. The lowest BCUT2D eigenvalue weighted by Gasteiger charge is -2.09. The molecule has 3 aromatic rings. The molecule has 0 aliphatic rings. The molecule has 0 bridgehead atoms. The monoisotopic (exact) mass is 379 g/mol. The van der Waals surface area contributed by atoms with Gasteiger partial charge in [-0.3, -0.25) is 9.59 Å². The van der Waals surface area contributed by atoms with Crippen molar-refractivity contribution < 1.29 is 9.59 Å². The fraction of sp³-hybridized carbons (Fsp3) is 0.0625. The van der Waals surface area contributed by atoms with Crippen LogP contribution in [0, 0.1) is 0 Å². The Kier molecular flexibility index (Phi) is 4.71. The highest BCUT2D eigenvalue weighted by Crippen LogP contribution is 2.31. The smallest absolute Gasteiger partial charge is 0.255 e. The Morgan fingerprint density at radius 2 is 1.79 bits per heavy atom. The molecule has 0 aliphatic carbocycles. The maximum atomic E-state index is 12.4. The molecule has 0 atom stereocenters. The second kappa shape index (κ2) is 6.76. The van der Waals surface area contributed by atoms with E-state index in [9.17, 15) is 9.59 Å². The largest absolute Gasteiger partial charge is 0.319 e. The molecule has 24 heavy (non-hydrogen) atoms. The molecule has 3 rings (SSSR count). The summed E-state index contributed by atoms with van der Waals surface area (Å²) in [6.45, 7) is 1.41. The van der Waals surface area contributed by atoms with Crippen molar-refractivity contribution in [2.45, 2.75) is 6.92 Å². The van der Waals surface area contributed by atoms with Gasteiger partial charge in [-0.05, 0) is 30.3 Å². The topological polar surface area (TPSA) is 71.1 Å². The number of hydrogen-bond acceptors (Lipinski definition) is 4. The molecule has 0 unspecified atom stereocenters. The van der Waals surface area contributed by atoms with Crippen LogP contribution in [-0.2, 0) is 4.79 Å². The number of halogens is 2. The van der Waals surface area contributed by atoms with Gasteiger partial charge in [-0.1, -0.05) is 40.6 Å². The zero-order valence-corrected chi connectivity index (χ0v) is 14.7. The van der Waals surface area contributed by atoms with Crippen LogP contribution in [0.4, 0.5) is 10.8 Å². The van der Waals surface area contributed by atoms with Crippen LogP contribution in [0.3, 0.4) is 0 Å². The van der Waals surface area contributed by atoms with Gasteiger partial charge in [0.2, 0.25) is 5.91 Å². The average Bonchev–Trinajstić information content (AvgIpc) is 2.91. The van der Waals surface area contributed by atoms with Crippen LogP contribution in [0.15, 0.2) is 36.4 Å². The third-order valence-corrected chi connectivity index (χ3v) is 4.70. The predicted molar refractivity (Wildman–Crippen MR) is 98.3 cm³/mol. The van der Waals surface area contributed by atoms with Gasteiger partial charge in [-0.25, -0.2) is 4.98 Å². The molecular weight excluding hydrogens is 369 g/mol. The average molecular weight is 380 g/mol. The normalized spacial score (nSPS) is 10.6. The summed E-state index contributed by atoms with van der Waals surface area (Å²) < 4.78 is 0.789. The molecule has 1 aromatic heterocycles. The second-order valence-corrected chi connectivity index (χ2v) is 6.78. The maximum absolute atomic E-state index is 12.4. The fourth-order valence-electron chi connectivity index (χ4n) is 2.07. The summed E-state index contributed by atoms with van der Waals surface area (Å²) >= 11 is 13.4. The van der Waals surface area contributed by atoms with Gasteiger partial charge < -0.3 is 10.6 Å². The highest BCUT2D eigenvalue weighted by atomic mass is 35.5. The Hall–Kier alpha value is -2.15. The number of thiazole rings is 1. The van der Waals surface area contributed by atoms with Gasteiger partial charge in [0, 0.05) is 12.5 Å². The zero-order chi connectivity index (χ0) is 17.3. The number of aromatic nitrogens is 1. The van der Waals surface area contributed by atoms with Crippen molar-refractivity contribution in [2.24, 2.45) is 0 Å². The first-order valence-corrected chi connectivity index (χ1v) is 8.45. The third-order valence-electron chi connectivity index (χ3n) is 3.13. The van der Waals surface area contributed by atoms with Crippen LogP contribution in [0.1, 0.15) is 17.3 Å². The van der Waals surface area contributed by atoms with E-state index in [4.69, 9.17) is 23.2 Å². The Labute approximate surface area is 151 Å². The van der Waals surface area contributed by atoms with Gasteiger partial charge >= 0.3 is 0 Å². The first kappa shape index (κ1) is 16.7. The molecule has 2 aromatic carbocycles. The predicted octanol–water partition coefficient (Wildman–Crippen LogP) is 4.81. The van der Waals surface area contributed by atoms with Crippen LogP contribution < -0.4 is 10.6 Å². The fourth-order valence-corrected chi connectivity index (χ4v) is 3.52. The summed E-state index contributed by atoms with van der Waals surface area (Å²) in [5.74, 6) is -0.526. The molecule has 2 amide bonds. The summed E-state index contributed by atoms with van der Waals surface area (Å²) in [4.78, 5) is 27.8. The van der Waals surface area contributed by atoms with E-state index in [0.29, 0.717) is 31.9 Å². The lowest BCUT2D eigenvalue weighted by Crippen LogP contribution is -2.12. The summed E-state index contributed by atoms with van der Waals surface area (Å²) in [5, 5.41) is 6.56. The Morgan fingerprint density at radius 1 is 1.08 bits per heavy atom. The van der Waals surface area contributed by atoms with Gasteiger partial charge in [-0.15, -0.1) is 0 Å². The minimum absolute atomic E-state index is 0.194. The van der Waals surface area contributed by atoms with E-state index in [-0.39, 0.29) is 11.8 Å². The molecule has 0 saturated heterocycles. The maximum Gasteiger partial charge on any atom is 0.255 e. The number of carbonyl (C=O) groups is 2. The van der Waals surface area contributed by atoms with E-state index in [2.05, 4.69) is 15.6 Å². The zero-order valence-electron chi connectivity index (χ0n) is 12.4. The molecule has 1 heterocycles. The van der Waals surface area contributed by atoms with Crippen LogP contribution in [-0.4, -0.2) is 16.8 Å². The van der Waals surface area contributed by atoms with Crippen molar-refractivity contribution in [2.75, 3.05) is 10.6 Å². The third kappa shape index (κ3) is 3.51. The first-order valence-electron chi connectivity index (χ1n) is 6.87. The van der Waals surface area contributed by atoms with Crippen LogP contribution in [0.2, 0.25) is 10.0 Å². The lowest BCUT2D eigenvalue weighted by molar-refractivity contribution is -0.114. The molecule has 0 radical (unpaired) electrons. The summed E-state index contributed by atoms with van der Waals surface area (Å²) in [7, 11) is 0. The van der Waals surface area contributed by atoms with Crippen molar-refractivity contribution in [3.63, 3.8) is 0 Å². The van der Waals surface area contributed by atoms with E-state index >= 15 is 0 Å². The molecule has 5 nitrogen and oxygen atoms in total. The summed E-state index contributed by atoms with van der Waals surface area (Å²) in [6.07, 6.45) is 0. The van der Waals surface area contributed by atoms with E-state index in [1.165, 1.54) is 18.3 Å². The van der Waals surface area contributed by atoms with Crippen molar-refractivity contribution >= 4 is 67.4 Å². The van der Waals surface area contributed by atoms with Gasteiger partial charge in [0.15, 0.2) is 5.13 Å². The number of rotatable bonds is 3. The highest BCUT2D eigenvalue weighted by Gasteiger charge is 2.13. The molecule has 0 fully saturated rings. The number of anilines is 2. The van der Waals surface area contributed by atoms with E-state index in [1.54, 1.807) is 36.4 Å². The van der Waals surface area contributed by atoms with Crippen molar-refractivity contribution in [1.82, 2.24) is 4.98 Å². The number of nitrogens with zero attached hydrogens (tertiary/aromatic N) is 1. The van der Waals surface area contributed by atoms with Crippen molar-refractivity contribution in [1.29, 1.82) is 0 Å². The van der Waals surface area contributed by atoms with Gasteiger partial charge in [0.25, 0.3) is 5.91 Å². The molecular formula is C16H11Cl2N3O2S. The number of hydrogen-bond donors (Lipinski definition) is 2. The van der Waals surface area contributed by atoms with E-state index in [0.717, 1.165) is 4.70 Å². The highest BCUT2D eigenvalue weighted by molar-refractivity contribution is 7.22. The van der Waals surface area contributed by atoms with E-state index in [1.807, 2.05) is 0 Å². The van der Waals surface area contributed by atoms with Gasteiger partial charge in [0.05, 0.1) is 25.9 Å². The van der Waals surface area contributed by atoms with Crippen molar-refractivity contribution in [3.8, 4) is 0 Å². The van der Waals surface area contributed by atoms with Crippen LogP contribution in [0.5, 0.6) is 0 Å². The minimum Gasteiger partial charge on any atom is -0.319 e. The number of amides is 2. The minimum atomic E-state index is -0.332. The molecule has 122 valence electrons. The van der Waals surface area contributed by atoms with Gasteiger partial charge in [-0.2, -0.15) is 0 Å². The Balaban J connectivity index is 1.88. The Bertz CT molecular complexity index is 935. The lowest BCUT2D eigenvalue weighted by atomic mass is 10.2. The quantitative estimate of drug-likeness (QED) is 0.685. The molecule has 0 saturated carbocycles. The Morgan fingerprint density at radius 3 is 2.46 bits per heavy atom. The number of benzene rings is 2. The van der Waals surface area contributed by atoms with Gasteiger partial charge in [0.1, 0.15) is 0 Å². The number of carbonyl (C=O) groups excluding carboxylic acids is 2. The molecule has 2 N–H and O–H groups in total. The van der Waals surface area contributed by atoms with Crippen LogP contribution in [0.25, 0.3) is 10.2 Å². The number of nitrogens with one attached hydrogen (secondary N) is 2. The summed E-state index contributed by atoms with van der Waals surface area (Å²) in [6, 6.07) is 10.1. The van der Waals surface area contributed by atoms with Crippen molar-refractivity contribution in [3.05, 3.63) is 52.0 Å². The second-order valence-electron chi connectivity index (χ2n) is 4.93. The molecule has 8 heteroatoms.